The van der Waals surface area contributed by atoms with Gasteiger partial charge in [-0.05, 0) is 62.2 Å². The van der Waals surface area contributed by atoms with Gasteiger partial charge < -0.3 is 5.32 Å². The van der Waals surface area contributed by atoms with Crippen LogP contribution >= 0.6 is 27.7 Å². The predicted molar refractivity (Wildman–Crippen MR) is 135 cm³/mol. The Hall–Kier alpha value is -2.90. The molecule has 0 saturated heterocycles. The van der Waals surface area contributed by atoms with Gasteiger partial charge in [-0.3, -0.25) is 9.36 Å². The molecule has 0 aliphatic rings. The molecule has 1 heterocycles. The molecule has 0 bridgehead atoms. The maximum Gasteiger partial charge on any atom is 0.234 e. The first-order valence-corrected chi connectivity index (χ1v) is 12.0. The number of carbonyl (C=O) groups is 1. The first kappa shape index (κ1) is 22.3. The molecule has 1 N–H and O–H groups in total. The lowest BCUT2D eigenvalue weighted by Crippen LogP contribution is -2.15. The highest BCUT2D eigenvalue weighted by molar-refractivity contribution is 9.10. The van der Waals surface area contributed by atoms with Gasteiger partial charge in [0.25, 0.3) is 0 Å². The maximum atomic E-state index is 12.7. The van der Waals surface area contributed by atoms with Crippen molar-refractivity contribution in [3.8, 4) is 17.1 Å². The Labute approximate surface area is 200 Å². The van der Waals surface area contributed by atoms with Gasteiger partial charge in [0, 0.05) is 21.4 Å². The van der Waals surface area contributed by atoms with Crippen LogP contribution in [0.4, 0.5) is 5.69 Å². The number of halogens is 1. The Bertz CT molecular complexity index is 1270. The summed E-state index contributed by atoms with van der Waals surface area (Å²) in [4.78, 5) is 12.7. The molecule has 4 rings (SSSR count). The number of rotatable bonds is 6. The van der Waals surface area contributed by atoms with Crippen molar-refractivity contribution in [2.75, 3.05) is 11.1 Å². The van der Waals surface area contributed by atoms with Crippen LogP contribution in [0.2, 0.25) is 0 Å². The number of nitrogens with zero attached hydrogens (tertiary/aromatic N) is 3. The van der Waals surface area contributed by atoms with Crippen LogP contribution in [0.3, 0.4) is 0 Å². The monoisotopic (exact) mass is 506 g/mol. The molecule has 0 saturated carbocycles. The summed E-state index contributed by atoms with van der Waals surface area (Å²) in [6.45, 7) is 6.05. The third-order valence-corrected chi connectivity index (χ3v) is 6.43. The molecule has 4 aromatic rings. The Morgan fingerprint density at radius 3 is 2.47 bits per heavy atom. The summed E-state index contributed by atoms with van der Waals surface area (Å²) in [6, 6.07) is 22.2. The van der Waals surface area contributed by atoms with E-state index in [1.165, 1.54) is 17.3 Å². The number of aryl methyl sites for hydroxylation is 3. The number of amides is 1. The van der Waals surface area contributed by atoms with Crippen molar-refractivity contribution in [2.45, 2.75) is 25.9 Å². The van der Waals surface area contributed by atoms with Gasteiger partial charge in [-0.1, -0.05) is 69.7 Å². The lowest BCUT2D eigenvalue weighted by molar-refractivity contribution is -0.113. The number of hydrogen-bond acceptors (Lipinski definition) is 4. The number of thioether (sulfide) groups is 1. The van der Waals surface area contributed by atoms with Crippen LogP contribution in [0.5, 0.6) is 0 Å². The summed E-state index contributed by atoms with van der Waals surface area (Å²) < 4.78 is 2.97. The molecule has 1 amide bonds. The molecule has 32 heavy (non-hydrogen) atoms. The fourth-order valence-electron chi connectivity index (χ4n) is 3.29. The number of carbonyl (C=O) groups excluding carboxylic acids is 1. The Kier molecular flexibility index (Phi) is 6.77. The first-order chi connectivity index (χ1) is 15.4. The van der Waals surface area contributed by atoms with Gasteiger partial charge in [0.05, 0.1) is 5.75 Å². The van der Waals surface area contributed by atoms with E-state index >= 15 is 0 Å². The van der Waals surface area contributed by atoms with Gasteiger partial charge in [0.2, 0.25) is 5.91 Å². The molecule has 0 spiro atoms. The van der Waals surface area contributed by atoms with E-state index in [0.29, 0.717) is 5.16 Å². The number of nitrogens with one attached hydrogen (secondary N) is 1. The van der Waals surface area contributed by atoms with Crippen molar-refractivity contribution < 1.29 is 4.79 Å². The van der Waals surface area contributed by atoms with Crippen LogP contribution in [0.25, 0.3) is 17.1 Å². The summed E-state index contributed by atoms with van der Waals surface area (Å²) in [5.41, 5.74) is 6.05. The SMILES string of the molecule is Cc1ccc(-n2c(SCC(=O)Nc3cc(C)ccc3C)nnc2-c2cccc(Br)c2)cc1. The highest BCUT2D eigenvalue weighted by atomic mass is 79.9. The highest BCUT2D eigenvalue weighted by Gasteiger charge is 2.18. The largest absolute Gasteiger partial charge is 0.325 e. The van der Waals surface area contributed by atoms with E-state index in [9.17, 15) is 4.79 Å². The molecule has 0 fully saturated rings. The van der Waals surface area contributed by atoms with Gasteiger partial charge in [-0.2, -0.15) is 0 Å². The Morgan fingerprint density at radius 2 is 1.72 bits per heavy atom. The lowest BCUT2D eigenvalue weighted by atomic mass is 10.1. The molecule has 5 nitrogen and oxygen atoms in total. The molecular formula is C25H23BrN4OS. The van der Waals surface area contributed by atoms with E-state index in [-0.39, 0.29) is 11.7 Å². The molecule has 0 unspecified atom stereocenters. The molecule has 162 valence electrons. The topological polar surface area (TPSA) is 59.8 Å². The van der Waals surface area contributed by atoms with Crippen molar-refractivity contribution in [1.82, 2.24) is 14.8 Å². The van der Waals surface area contributed by atoms with Crippen molar-refractivity contribution in [3.63, 3.8) is 0 Å². The zero-order valence-corrected chi connectivity index (χ0v) is 20.5. The van der Waals surface area contributed by atoms with Crippen LogP contribution in [0.15, 0.2) is 76.4 Å². The highest BCUT2D eigenvalue weighted by Crippen LogP contribution is 2.29. The minimum Gasteiger partial charge on any atom is -0.325 e. The summed E-state index contributed by atoms with van der Waals surface area (Å²) in [6.07, 6.45) is 0. The number of anilines is 1. The average Bonchev–Trinajstić information content (AvgIpc) is 3.19. The van der Waals surface area contributed by atoms with Crippen LogP contribution < -0.4 is 5.32 Å². The molecular weight excluding hydrogens is 484 g/mol. The first-order valence-electron chi connectivity index (χ1n) is 10.2. The second-order valence-corrected chi connectivity index (χ2v) is 9.50. The third kappa shape index (κ3) is 5.11. The van der Waals surface area contributed by atoms with Crippen LogP contribution in [0.1, 0.15) is 16.7 Å². The van der Waals surface area contributed by atoms with Crippen molar-refractivity contribution >= 4 is 39.3 Å². The average molecular weight is 507 g/mol. The zero-order chi connectivity index (χ0) is 22.7. The van der Waals surface area contributed by atoms with E-state index in [4.69, 9.17) is 0 Å². The smallest absolute Gasteiger partial charge is 0.234 e. The second-order valence-electron chi connectivity index (χ2n) is 7.64. The fraction of sp³-hybridized carbons (Fsp3) is 0.160. The molecule has 7 heteroatoms. The summed E-state index contributed by atoms with van der Waals surface area (Å²) >= 11 is 4.90. The summed E-state index contributed by atoms with van der Waals surface area (Å²) in [7, 11) is 0. The Morgan fingerprint density at radius 1 is 0.969 bits per heavy atom. The molecule has 0 aliphatic carbocycles. The quantitative estimate of drug-likeness (QED) is 0.309. The summed E-state index contributed by atoms with van der Waals surface area (Å²) in [5, 5.41) is 12.5. The number of aromatic nitrogens is 3. The molecule has 3 aromatic carbocycles. The molecule has 1 aromatic heterocycles. The van der Waals surface area contributed by atoms with E-state index in [1.807, 2.05) is 73.0 Å². The molecule has 0 atom stereocenters. The van der Waals surface area contributed by atoms with Crippen LogP contribution in [-0.2, 0) is 4.79 Å². The lowest BCUT2D eigenvalue weighted by Gasteiger charge is -2.12. The number of benzene rings is 3. The van der Waals surface area contributed by atoms with E-state index in [0.717, 1.165) is 38.4 Å². The maximum absolute atomic E-state index is 12.7. The van der Waals surface area contributed by atoms with E-state index in [1.54, 1.807) is 0 Å². The van der Waals surface area contributed by atoms with Crippen molar-refractivity contribution in [2.24, 2.45) is 0 Å². The third-order valence-electron chi connectivity index (χ3n) is 5.01. The van der Waals surface area contributed by atoms with Gasteiger partial charge >= 0.3 is 0 Å². The van der Waals surface area contributed by atoms with Gasteiger partial charge in [0.1, 0.15) is 0 Å². The second kappa shape index (κ2) is 9.71. The van der Waals surface area contributed by atoms with Gasteiger partial charge in [-0.25, -0.2) is 0 Å². The summed E-state index contributed by atoms with van der Waals surface area (Å²) in [5.74, 6) is 0.884. The minimum absolute atomic E-state index is 0.0776. The fourth-order valence-corrected chi connectivity index (χ4v) is 4.44. The van der Waals surface area contributed by atoms with Crippen molar-refractivity contribution in [1.29, 1.82) is 0 Å². The van der Waals surface area contributed by atoms with Gasteiger partial charge in [0.15, 0.2) is 11.0 Å². The van der Waals surface area contributed by atoms with Gasteiger partial charge in [-0.15, -0.1) is 10.2 Å². The molecule has 0 radical (unpaired) electrons. The predicted octanol–water partition coefficient (Wildman–Crippen LogP) is 6.35. The van der Waals surface area contributed by atoms with E-state index < -0.39 is 0 Å². The van der Waals surface area contributed by atoms with Crippen LogP contribution in [-0.4, -0.2) is 26.4 Å². The standard InChI is InChI=1S/C25H23BrN4OS/c1-16-8-11-21(12-9-16)30-24(19-5-4-6-20(26)14-19)28-29-25(30)32-15-23(31)27-22-13-17(2)7-10-18(22)3/h4-14H,15H2,1-3H3,(H,27,31). The number of hydrogen-bond donors (Lipinski definition) is 1. The van der Waals surface area contributed by atoms with E-state index in [2.05, 4.69) is 50.5 Å². The minimum atomic E-state index is -0.0776. The normalized spacial score (nSPS) is 10.9. The Balaban J connectivity index is 1.61. The van der Waals surface area contributed by atoms with Crippen molar-refractivity contribution in [3.05, 3.63) is 87.9 Å². The van der Waals surface area contributed by atoms with Crippen LogP contribution in [0, 0.1) is 20.8 Å². The molecule has 0 aliphatic heterocycles. The zero-order valence-electron chi connectivity index (χ0n) is 18.1.